The van der Waals surface area contributed by atoms with Gasteiger partial charge >= 0.3 is 7.82 Å². The predicted molar refractivity (Wildman–Crippen MR) is 115 cm³/mol. The summed E-state index contributed by atoms with van der Waals surface area (Å²) in [6.45, 7) is 13.0. The van der Waals surface area contributed by atoms with Gasteiger partial charge in [0.25, 0.3) is 5.69 Å². The number of aliphatic hydroxyl groups excluding tert-OH is 1. The second-order valence-electron chi connectivity index (χ2n) is 9.03. The number of nitro benzene ring substituents is 1. The summed E-state index contributed by atoms with van der Waals surface area (Å²) in [4.78, 5) is 10.4. The fraction of sp³-hybridized carbons (Fsp3) is 0.647. The van der Waals surface area contributed by atoms with Crippen LogP contribution in [-0.2, 0) is 20.2 Å². The number of nitrogens with zero attached hydrogens (tertiary/aromatic N) is 1. The van der Waals surface area contributed by atoms with E-state index in [4.69, 9.17) is 13.6 Å². The number of phosphoric ester groups is 1. The predicted octanol–water partition coefficient (Wildman–Crippen LogP) is 5.28. The number of benzene rings is 1. The van der Waals surface area contributed by atoms with Crippen LogP contribution in [0.3, 0.4) is 0 Å². The Labute approximate surface area is 169 Å². The molecule has 0 heterocycles. The second-order valence-corrected chi connectivity index (χ2v) is 21.9. The van der Waals surface area contributed by atoms with E-state index in [9.17, 15) is 19.8 Å². The summed E-state index contributed by atoms with van der Waals surface area (Å²) < 4.78 is 29.8. The van der Waals surface area contributed by atoms with Crippen LogP contribution >= 0.6 is 7.82 Å². The first-order valence-electron chi connectivity index (χ1n) is 9.22. The molecule has 0 spiro atoms. The highest BCUT2D eigenvalue weighted by Gasteiger charge is 2.31. The maximum Gasteiger partial charge on any atom is 0.530 e. The molecule has 0 saturated heterocycles. The third-order valence-corrected chi connectivity index (χ3v) is 8.66. The van der Waals surface area contributed by atoms with E-state index in [1.165, 1.54) is 18.2 Å². The third-order valence-electron chi connectivity index (χ3n) is 3.84. The van der Waals surface area contributed by atoms with Gasteiger partial charge in [0.2, 0.25) is 0 Å². The fourth-order valence-electron chi connectivity index (χ4n) is 2.03. The molecular formula is C17H32NO7PSi2. The average Bonchev–Trinajstić information content (AvgIpc) is 2.52. The largest absolute Gasteiger partial charge is 0.530 e. The molecule has 0 aliphatic carbocycles. The lowest BCUT2D eigenvalue weighted by Gasteiger charge is -2.23. The second kappa shape index (κ2) is 10.1. The zero-order chi connectivity index (χ0) is 21.6. The Hall–Kier alpha value is -1.04. The lowest BCUT2D eigenvalue weighted by molar-refractivity contribution is -0.385. The zero-order valence-corrected chi connectivity index (χ0v) is 20.5. The molecule has 11 heteroatoms. The Bertz CT molecular complexity index is 692. The van der Waals surface area contributed by atoms with E-state index in [2.05, 4.69) is 39.3 Å². The van der Waals surface area contributed by atoms with Crippen molar-refractivity contribution in [3.8, 4) is 5.75 Å². The first-order chi connectivity index (χ1) is 12.7. The van der Waals surface area contributed by atoms with Crippen molar-refractivity contribution in [2.45, 2.75) is 58.0 Å². The van der Waals surface area contributed by atoms with Crippen molar-refractivity contribution in [1.29, 1.82) is 0 Å². The van der Waals surface area contributed by atoms with Crippen LogP contribution in [0.4, 0.5) is 5.69 Å². The number of nitro groups is 1. The summed E-state index contributed by atoms with van der Waals surface area (Å²) in [6.07, 6.45) is 0. The van der Waals surface area contributed by atoms with Crippen LogP contribution in [0.5, 0.6) is 5.75 Å². The van der Waals surface area contributed by atoms with Crippen molar-refractivity contribution in [3.63, 3.8) is 0 Å². The molecule has 0 aromatic heterocycles. The molecule has 0 aliphatic rings. The standard InChI is InChI=1S/C17H32NO7PSi2/c1-27(2,3)11-9-23-26(22,24-10-12-28(4,5)6)25-17-8-7-16(18(20)21)13-15(17)14-19/h7-8,13,19H,9-12,14H2,1-6H3. The van der Waals surface area contributed by atoms with Gasteiger partial charge in [-0.3, -0.25) is 19.2 Å². The van der Waals surface area contributed by atoms with Gasteiger partial charge in [0, 0.05) is 33.8 Å². The van der Waals surface area contributed by atoms with Crippen LogP contribution in [0.2, 0.25) is 51.4 Å². The molecule has 8 nitrogen and oxygen atoms in total. The maximum absolute atomic E-state index is 13.2. The highest BCUT2D eigenvalue weighted by atomic mass is 31.2. The Morgan fingerprint density at radius 1 is 1.04 bits per heavy atom. The van der Waals surface area contributed by atoms with E-state index in [-0.39, 0.29) is 30.2 Å². The van der Waals surface area contributed by atoms with Crippen LogP contribution in [0.15, 0.2) is 18.2 Å². The summed E-state index contributed by atoms with van der Waals surface area (Å²) in [7, 11) is -6.76. The molecule has 0 aliphatic heterocycles. The van der Waals surface area contributed by atoms with E-state index < -0.39 is 35.5 Å². The molecule has 0 amide bonds. The van der Waals surface area contributed by atoms with Crippen molar-refractivity contribution in [3.05, 3.63) is 33.9 Å². The van der Waals surface area contributed by atoms with Crippen LogP contribution in [0.25, 0.3) is 0 Å². The van der Waals surface area contributed by atoms with Gasteiger partial charge in [-0.15, -0.1) is 0 Å². The maximum atomic E-state index is 13.2. The molecule has 1 aromatic carbocycles. The lowest BCUT2D eigenvalue weighted by atomic mass is 10.2. The number of non-ortho nitro benzene ring substituents is 1. The van der Waals surface area contributed by atoms with Gasteiger partial charge in [0.15, 0.2) is 0 Å². The number of rotatable bonds is 12. The average molecular weight is 450 g/mol. The van der Waals surface area contributed by atoms with Gasteiger partial charge in [-0.1, -0.05) is 39.3 Å². The molecule has 1 N–H and O–H groups in total. The van der Waals surface area contributed by atoms with Crippen LogP contribution in [-0.4, -0.2) is 39.4 Å². The molecule has 1 aromatic rings. The molecule has 0 saturated carbocycles. The number of phosphoric acid groups is 1. The van der Waals surface area contributed by atoms with Crippen molar-refractivity contribution < 1.29 is 28.2 Å². The first kappa shape index (κ1) is 25.0. The van der Waals surface area contributed by atoms with E-state index in [0.29, 0.717) is 0 Å². The highest BCUT2D eigenvalue weighted by molar-refractivity contribution is 7.49. The Balaban J connectivity index is 3.00. The molecule has 0 fully saturated rings. The van der Waals surface area contributed by atoms with Crippen molar-refractivity contribution in [2.24, 2.45) is 0 Å². The van der Waals surface area contributed by atoms with Gasteiger partial charge in [-0.25, -0.2) is 4.57 Å². The molecule has 0 atom stereocenters. The zero-order valence-electron chi connectivity index (χ0n) is 17.6. The summed E-state index contributed by atoms with van der Waals surface area (Å²) in [5.74, 6) is 0.0532. The van der Waals surface area contributed by atoms with Crippen LogP contribution < -0.4 is 4.52 Å². The van der Waals surface area contributed by atoms with Gasteiger partial charge in [0.05, 0.1) is 24.7 Å². The quantitative estimate of drug-likeness (QED) is 0.200. The number of aliphatic hydroxyl groups is 1. The van der Waals surface area contributed by atoms with Gasteiger partial charge in [-0.2, -0.15) is 0 Å². The van der Waals surface area contributed by atoms with Crippen molar-refractivity contribution in [2.75, 3.05) is 13.2 Å². The number of hydrogen-bond acceptors (Lipinski definition) is 7. The summed E-state index contributed by atoms with van der Waals surface area (Å²) >= 11 is 0. The van der Waals surface area contributed by atoms with Gasteiger partial charge in [-0.05, 0) is 18.2 Å². The minimum atomic E-state index is -3.93. The van der Waals surface area contributed by atoms with Gasteiger partial charge < -0.3 is 9.63 Å². The number of hydrogen-bond donors (Lipinski definition) is 1. The van der Waals surface area contributed by atoms with E-state index in [0.717, 1.165) is 12.1 Å². The summed E-state index contributed by atoms with van der Waals surface area (Å²) in [6, 6.07) is 5.28. The van der Waals surface area contributed by atoms with E-state index >= 15 is 0 Å². The SMILES string of the molecule is C[Si](C)(C)CCOP(=O)(OCC[Si](C)(C)C)Oc1ccc([N+](=O)[O-])cc1CO. The smallest absolute Gasteiger partial charge is 0.404 e. The highest BCUT2D eigenvalue weighted by Crippen LogP contribution is 2.51. The molecule has 0 unspecified atom stereocenters. The molecule has 0 radical (unpaired) electrons. The minimum absolute atomic E-state index is 0.0532. The molecule has 28 heavy (non-hydrogen) atoms. The molecule has 0 bridgehead atoms. The fourth-order valence-corrected chi connectivity index (χ4v) is 5.03. The topological polar surface area (TPSA) is 108 Å². The molecule has 1 rings (SSSR count). The summed E-state index contributed by atoms with van der Waals surface area (Å²) in [5, 5.41) is 20.4. The Morgan fingerprint density at radius 2 is 1.54 bits per heavy atom. The Kier molecular flexibility index (Phi) is 9.05. The first-order valence-corrected chi connectivity index (χ1v) is 18.1. The molecular weight excluding hydrogens is 417 g/mol. The van der Waals surface area contributed by atoms with Crippen LogP contribution in [0.1, 0.15) is 5.56 Å². The van der Waals surface area contributed by atoms with Crippen LogP contribution in [0, 0.1) is 10.1 Å². The van der Waals surface area contributed by atoms with Crippen molar-refractivity contribution >= 4 is 29.7 Å². The minimum Gasteiger partial charge on any atom is -0.404 e. The van der Waals surface area contributed by atoms with Crippen molar-refractivity contribution in [1.82, 2.24) is 0 Å². The lowest BCUT2D eigenvalue weighted by Crippen LogP contribution is -2.23. The van der Waals surface area contributed by atoms with E-state index in [1.54, 1.807) is 0 Å². The third kappa shape index (κ3) is 9.44. The van der Waals surface area contributed by atoms with E-state index in [1.807, 2.05) is 0 Å². The normalized spacial score (nSPS) is 12.8. The summed E-state index contributed by atoms with van der Waals surface area (Å²) in [5.41, 5.74) is -0.0393. The van der Waals surface area contributed by atoms with Gasteiger partial charge in [0.1, 0.15) is 5.75 Å². The molecule has 160 valence electrons. The monoisotopic (exact) mass is 449 g/mol. The Morgan fingerprint density at radius 3 is 1.93 bits per heavy atom.